The van der Waals surface area contributed by atoms with E-state index in [0.717, 1.165) is 35.8 Å². The van der Waals surface area contributed by atoms with Gasteiger partial charge in [-0.15, -0.1) is 0 Å². The molecule has 0 saturated carbocycles. The average molecular weight is 580 g/mol. The van der Waals surface area contributed by atoms with E-state index in [0.29, 0.717) is 67.0 Å². The molecule has 1 amide bonds. The van der Waals surface area contributed by atoms with E-state index in [4.69, 9.17) is 10.3 Å². The fraction of sp³-hybridized carbons (Fsp3) is 0.419. The number of fused-ring (bicyclic) bond motifs is 1. The molecule has 0 aromatic heterocycles. The molecule has 1 heterocycles. The van der Waals surface area contributed by atoms with Crippen molar-refractivity contribution in [2.45, 2.75) is 40.0 Å². The van der Waals surface area contributed by atoms with E-state index in [9.17, 15) is 14.2 Å². The molecule has 0 fully saturated rings. The van der Waals surface area contributed by atoms with Gasteiger partial charge >= 0.3 is 0 Å². The number of nitrogens with two attached hydrogens (primary N) is 1. The van der Waals surface area contributed by atoms with Crippen LogP contribution in [-0.2, 0) is 13.9 Å². The van der Waals surface area contributed by atoms with Crippen molar-refractivity contribution in [3.05, 3.63) is 58.7 Å². The van der Waals surface area contributed by atoms with Gasteiger partial charge in [0.25, 0.3) is 0 Å². The second-order valence-corrected chi connectivity index (χ2v) is 13.0. The Balaban J connectivity index is 1.88. The monoisotopic (exact) mass is 579 g/mol. The van der Waals surface area contributed by atoms with Crippen LogP contribution in [0.4, 0.5) is 5.69 Å². The molecule has 1 atom stereocenters. The summed E-state index contributed by atoms with van der Waals surface area (Å²) in [6, 6.07) is 11.4. The van der Waals surface area contributed by atoms with Gasteiger partial charge in [0, 0.05) is 68.2 Å². The van der Waals surface area contributed by atoms with Gasteiger partial charge in [-0.1, -0.05) is 38.1 Å². The normalized spacial score (nSPS) is 14.5. The summed E-state index contributed by atoms with van der Waals surface area (Å²) in [7, 11) is -0.871. The minimum absolute atomic E-state index is 0.00164. The SMILES string of the molecule is CCCN(CCC)C(=O)C1=Cc2ccc(-c3ccc(C=O)c(/C=N\N(C)CCP(C)(=O)OCC)c3)cc2N=C(N)C1. The molecule has 1 aliphatic rings. The Morgan fingerprint density at radius 1 is 1.07 bits per heavy atom. The summed E-state index contributed by atoms with van der Waals surface area (Å²) >= 11 is 0. The third-order valence-corrected chi connectivity index (χ3v) is 8.53. The number of aldehydes is 1. The number of hydrogen-bond acceptors (Lipinski definition) is 8. The van der Waals surface area contributed by atoms with Crippen molar-refractivity contribution in [1.29, 1.82) is 0 Å². The van der Waals surface area contributed by atoms with E-state index < -0.39 is 7.37 Å². The first-order chi connectivity index (χ1) is 19.6. The van der Waals surface area contributed by atoms with Gasteiger partial charge in [0.15, 0.2) is 6.29 Å². The Bertz CT molecular complexity index is 1380. The lowest BCUT2D eigenvalue weighted by molar-refractivity contribution is -0.127. The number of aliphatic imine (C=N–C) groups is 1. The molecule has 0 aliphatic carbocycles. The van der Waals surface area contributed by atoms with E-state index in [-0.39, 0.29) is 5.91 Å². The van der Waals surface area contributed by atoms with Crippen molar-refractivity contribution in [3.8, 4) is 11.1 Å². The van der Waals surface area contributed by atoms with Crippen LogP contribution in [0.25, 0.3) is 17.2 Å². The number of carbonyl (C=O) groups is 2. The minimum atomic E-state index is -2.66. The molecule has 1 unspecified atom stereocenters. The van der Waals surface area contributed by atoms with Gasteiger partial charge in [-0.05, 0) is 49.1 Å². The zero-order valence-corrected chi connectivity index (χ0v) is 25.7. The molecule has 2 N–H and O–H groups in total. The summed E-state index contributed by atoms with van der Waals surface area (Å²) < 4.78 is 17.7. The molecule has 41 heavy (non-hydrogen) atoms. The van der Waals surface area contributed by atoms with E-state index in [1.165, 1.54) is 0 Å². The highest BCUT2D eigenvalue weighted by molar-refractivity contribution is 7.58. The van der Waals surface area contributed by atoms with E-state index >= 15 is 0 Å². The predicted octanol–water partition coefficient (Wildman–Crippen LogP) is 5.80. The first-order valence-electron chi connectivity index (χ1n) is 14.1. The van der Waals surface area contributed by atoms with Gasteiger partial charge in [-0.2, -0.15) is 5.10 Å². The van der Waals surface area contributed by atoms with Crippen molar-refractivity contribution in [2.75, 3.05) is 46.1 Å². The van der Waals surface area contributed by atoms with Crippen LogP contribution < -0.4 is 5.73 Å². The van der Waals surface area contributed by atoms with Gasteiger partial charge in [-0.25, -0.2) is 4.99 Å². The van der Waals surface area contributed by atoms with Crippen LogP contribution in [0.15, 0.2) is 52.1 Å². The second-order valence-electron chi connectivity index (χ2n) is 10.3. The Morgan fingerprint density at radius 2 is 1.76 bits per heavy atom. The van der Waals surface area contributed by atoms with Crippen molar-refractivity contribution in [2.24, 2.45) is 15.8 Å². The lowest BCUT2D eigenvalue weighted by Gasteiger charge is -2.22. The summed E-state index contributed by atoms with van der Waals surface area (Å²) in [4.78, 5) is 31.5. The molecule has 0 saturated heterocycles. The number of amidine groups is 1. The maximum absolute atomic E-state index is 13.3. The largest absolute Gasteiger partial charge is 0.387 e. The summed E-state index contributed by atoms with van der Waals surface area (Å²) in [6.07, 6.45) is 6.79. The second kappa shape index (κ2) is 14.9. The predicted molar refractivity (Wildman–Crippen MR) is 169 cm³/mol. The standard InChI is InChI=1S/C31H42N5O4P/c1-6-13-36(14-7-2)31(38)27-18-25-11-9-24(19-29(25)34-30(32)20-27)23-10-12-26(22-37)28(17-23)21-33-35(4)15-16-41(5,39)40-8-3/h9-12,17-19,21-22H,6-8,13-16,20H2,1-5H3,(H2,32,34)/b33-21-. The topological polar surface area (TPSA) is 118 Å². The van der Waals surface area contributed by atoms with Crippen molar-refractivity contribution >= 4 is 43.4 Å². The van der Waals surface area contributed by atoms with Crippen LogP contribution in [0.2, 0.25) is 0 Å². The Morgan fingerprint density at radius 3 is 2.41 bits per heavy atom. The van der Waals surface area contributed by atoms with Crippen molar-refractivity contribution in [1.82, 2.24) is 9.91 Å². The summed E-state index contributed by atoms with van der Waals surface area (Å²) in [5.41, 5.74) is 11.4. The van der Waals surface area contributed by atoms with E-state index in [1.54, 1.807) is 31.0 Å². The zero-order valence-electron chi connectivity index (χ0n) is 24.8. The number of carbonyl (C=O) groups excluding carboxylic acids is 2. The highest BCUT2D eigenvalue weighted by atomic mass is 31.2. The van der Waals surface area contributed by atoms with Crippen LogP contribution in [0.1, 0.15) is 61.5 Å². The van der Waals surface area contributed by atoms with Gasteiger partial charge < -0.3 is 15.2 Å². The third kappa shape index (κ3) is 8.97. The smallest absolute Gasteiger partial charge is 0.250 e. The maximum Gasteiger partial charge on any atom is 0.250 e. The molecular weight excluding hydrogens is 537 g/mol. The number of hydrazone groups is 1. The molecule has 0 spiro atoms. The number of amides is 1. The lowest BCUT2D eigenvalue weighted by Crippen LogP contribution is -2.34. The first-order valence-corrected chi connectivity index (χ1v) is 16.4. The van der Waals surface area contributed by atoms with Crippen LogP contribution in [0.3, 0.4) is 0 Å². The first kappa shape index (κ1) is 32.0. The Kier molecular flexibility index (Phi) is 11.6. The Hall–Kier alpha value is -3.55. The number of hydrogen-bond donors (Lipinski definition) is 1. The average Bonchev–Trinajstić information content (AvgIpc) is 3.11. The molecular formula is C31H42N5O4P. The zero-order chi connectivity index (χ0) is 30.0. The van der Waals surface area contributed by atoms with Gasteiger partial charge in [0.05, 0.1) is 18.5 Å². The number of rotatable bonds is 14. The highest BCUT2D eigenvalue weighted by Crippen LogP contribution is 2.41. The van der Waals surface area contributed by atoms with Crippen molar-refractivity contribution in [3.63, 3.8) is 0 Å². The van der Waals surface area contributed by atoms with E-state index in [1.807, 2.05) is 48.2 Å². The van der Waals surface area contributed by atoms with Gasteiger partial charge in [0.2, 0.25) is 13.3 Å². The fourth-order valence-electron chi connectivity index (χ4n) is 4.62. The van der Waals surface area contributed by atoms with Crippen LogP contribution in [0.5, 0.6) is 0 Å². The molecule has 9 nitrogen and oxygen atoms in total. The molecule has 0 bridgehead atoms. The quantitative estimate of drug-likeness (QED) is 0.131. The molecule has 2 aromatic rings. The van der Waals surface area contributed by atoms with Crippen molar-refractivity contribution < 1.29 is 18.7 Å². The van der Waals surface area contributed by atoms with Crippen LogP contribution in [-0.4, -0.2) is 80.3 Å². The fourth-order valence-corrected chi connectivity index (χ4v) is 5.95. The highest BCUT2D eigenvalue weighted by Gasteiger charge is 2.21. The molecule has 2 aromatic carbocycles. The van der Waals surface area contributed by atoms with Gasteiger partial charge in [-0.3, -0.25) is 19.2 Å². The maximum atomic E-state index is 13.3. The summed E-state index contributed by atoms with van der Waals surface area (Å²) in [6.45, 7) is 9.85. The molecule has 10 heteroatoms. The van der Waals surface area contributed by atoms with Gasteiger partial charge in [0.1, 0.15) is 5.84 Å². The lowest BCUT2D eigenvalue weighted by atomic mass is 9.97. The summed E-state index contributed by atoms with van der Waals surface area (Å²) in [5.74, 6) is 0.392. The molecule has 1 aliphatic heterocycles. The minimum Gasteiger partial charge on any atom is -0.387 e. The number of benzene rings is 2. The summed E-state index contributed by atoms with van der Waals surface area (Å²) in [5, 5.41) is 6.13. The Labute approximate surface area is 243 Å². The molecule has 0 radical (unpaired) electrons. The molecule has 3 rings (SSSR count). The van der Waals surface area contributed by atoms with Crippen LogP contribution in [0, 0.1) is 0 Å². The number of nitrogens with zero attached hydrogens (tertiary/aromatic N) is 4. The third-order valence-electron chi connectivity index (χ3n) is 6.72. The molecule has 220 valence electrons. The van der Waals surface area contributed by atoms with E-state index in [2.05, 4.69) is 23.9 Å². The van der Waals surface area contributed by atoms with Crippen LogP contribution >= 0.6 is 7.37 Å².